The highest BCUT2D eigenvalue weighted by Gasteiger charge is 2.39. The fourth-order valence-corrected chi connectivity index (χ4v) is 3.88. The summed E-state index contributed by atoms with van der Waals surface area (Å²) in [4.78, 5) is 12.6. The van der Waals surface area contributed by atoms with Gasteiger partial charge in [-0.05, 0) is 51.1 Å². The average molecular weight is 387 g/mol. The van der Waals surface area contributed by atoms with Crippen molar-refractivity contribution in [1.82, 2.24) is 5.32 Å². The molecule has 1 saturated heterocycles. The van der Waals surface area contributed by atoms with Gasteiger partial charge in [0.25, 0.3) is 5.91 Å². The number of carbonyl (C=O) groups excluding carboxylic acids is 1. The van der Waals surface area contributed by atoms with Crippen LogP contribution >= 0.6 is 0 Å². The predicted molar refractivity (Wildman–Crippen MR) is 114 cm³/mol. The van der Waals surface area contributed by atoms with Crippen molar-refractivity contribution >= 4 is 11.6 Å². The number of nitrogens with one attached hydrogen (secondary N) is 2. The number of rotatable bonds is 4. The van der Waals surface area contributed by atoms with E-state index in [1.807, 2.05) is 39.1 Å². The van der Waals surface area contributed by atoms with Gasteiger partial charge < -0.3 is 9.80 Å². The summed E-state index contributed by atoms with van der Waals surface area (Å²) < 4.78 is 14.1. The highest BCUT2D eigenvalue weighted by Crippen LogP contribution is 2.24. The lowest BCUT2D eigenvalue weighted by atomic mass is 10.1. The summed E-state index contributed by atoms with van der Waals surface area (Å²) in [5.74, 6) is -0.327. The number of quaternary nitrogens is 1. The molecule has 1 heterocycles. The van der Waals surface area contributed by atoms with E-state index in [-0.39, 0.29) is 17.9 Å². The topological polar surface area (TPSA) is 41.1 Å². The lowest BCUT2D eigenvalue weighted by molar-refractivity contribution is -0.915. The highest BCUT2D eigenvalue weighted by atomic mass is 19.1. The summed E-state index contributed by atoms with van der Waals surface area (Å²) in [6.07, 6.45) is 2.02. The van der Waals surface area contributed by atoms with E-state index >= 15 is 0 Å². The maximum absolute atomic E-state index is 13.3. The maximum atomic E-state index is 13.3. The van der Waals surface area contributed by atoms with Crippen LogP contribution in [0.5, 0.6) is 0 Å². The normalized spacial score (nSPS) is 16.1. The van der Waals surface area contributed by atoms with Gasteiger partial charge in [0.15, 0.2) is 0 Å². The van der Waals surface area contributed by atoms with Crippen LogP contribution in [0.3, 0.4) is 0 Å². The molecule has 0 spiro atoms. The molecule has 1 amide bonds. The van der Waals surface area contributed by atoms with E-state index in [4.69, 9.17) is 0 Å². The molecule has 3 rings (SSSR count). The summed E-state index contributed by atoms with van der Waals surface area (Å²) in [6, 6.07) is 13.2. The molecule has 1 aliphatic rings. The van der Waals surface area contributed by atoms with Crippen LogP contribution in [0.1, 0.15) is 29.5 Å². The van der Waals surface area contributed by atoms with Crippen LogP contribution < -0.4 is 10.6 Å². The molecule has 2 N–H and O–H groups in total. The summed E-state index contributed by atoms with van der Waals surface area (Å²) in [5, 5.41) is 6.12. The molecule has 2 aromatic rings. The summed E-state index contributed by atoms with van der Waals surface area (Å²) in [6.45, 7) is 7.71. The molecule has 28 heavy (non-hydrogen) atoms. The Morgan fingerprint density at radius 1 is 1.04 bits per heavy atom. The number of aryl methyl sites for hydroxylation is 3. The van der Waals surface area contributed by atoms with Gasteiger partial charge in [0.05, 0.1) is 20.1 Å². The first-order chi connectivity index (χ1) is 13.3. The van der Waals surface area contributed by atoms with E-state index in [2.05, 4.69) is 36.7 Å². The van der Waals surface area contributed by atoms with Gasteiger partial charge in [-0.1, -0.05) is 35.9 Å². The van der Waals surface area contributed by atoms with Gasteiger partial charge in [0, 0.05) is 18.5 Å². The molecule has 1 atom stereocenters. The van der Waals surface area contributed by atoms with Crippen LogP contribution in [0.4, 0.5) is 10.1 Å². The Labute approximate surface area is 168 Å². The molecular weight excluding hydrogens is 353 g/mol. The van der Waals surface area contributed by atoms with Crippen molar-refractivity contribution in [3.63, 3.8) is 0 Å². The Morgan fingerprint density at radius 3 is 2.00 bits per heavy atom. The number of halogens is 1. The summed E-state index contributed by atoms with van der Waals surface area (Å²) in [5.41, 5.74) is 3.54. The fraction of sp³-hybridized carbons (Fsp3) is 0.435. The number of nitrogens with zero attached hydrogens (tertiary/aromatic N) is 1. The molecule has 0 aromatic heterocycles. The number of amides is 1. The second-order valence-electron chi connectivity index (χ2n) is 7.88. The first-order valence-corrected chi connectivity index (χ1v) is 9.87. The molecular formula is C23H33FN3O+. The average Bonchev–Trinajstić information content (AvgIpc) is 3.07. The SMILES string of the molecule is CNC(C(=O)Nc1c(C)cc(F)cc1C)[N+]1(C)CCCC1.Cc1ccccc1. The van der Waals surface area contributed by atoms with Crippen molar-refractivity contribution in [2.75, 3.05) is 32.5 Å². The highest BCUT2D eigenvalue weighted by molar-refractivity contribution is 5.95. The minimum absolute atomic E-state index is 0.0558. The minimum Gasteiger partial charge on any atom is -0.319 e. The molecule has 1 aliphatic heterocycles. The van der Waals surface area contributed by atoms with Crippen molar-refractivity contribution in [3.8, 4) is 0 Å². The monoisotopic (exact) mass is 386 g/mol. The van der Waals surface area contributed by atoms with E-state index < -0.39 is 0 Å². The molecule has 1 fully saturated rings. The van der Waals surface area contributed by atoms with Gasteiger partial charge in [-0.3, -0.25) is 10.1 Å². The third-order valence-electron chi connectivity index (χ3n) is 5.42. The largest absolute Gasteiger partial charge is 0.319 e. The zero-order valence-electron chi connectivity index (χ0n) is 17.7. The molecule has 0 saturated carbocycles. The Balaban J connectivity index is 0.000000336. The molecule has 0 bridgehead atoms. The molecule has 152 valence electrons. The number of hydrogen-bond donors (Lipinski definition) is 2. The number of likely N-dealkylation sites (tertiary alicyclic amines) is 1. The van der Waals surface area contributed by atoms with Gasteiger partial charge in [-0.25, -0.2) is 4.39 Å². The van der Waals surface area contributed by atoms with E-state index in [1.165, 1.54) is 17.7 Å². The van der Waals surface area contributed by atoms with E-state index in [1.54, 1.807) is 0 Å². The van der Waals surface area contributed by atoms with Crippen molar-refractivity contribution in [1.29, 1.82) is 0 Å². The van der Waals surface area contributed by atoms with Crippen LogP contribution in [-0.2, 0) is 4.79 Å². The third kappa shape index (κ3) is 5.63. The standard InChI is InChI=1S/C16H24FN3O.C7H8/c1-11-9-13(17)10-12(2)14(11)19-16(21)15(18-3)20(4)7-5-6-8-20;1-7-5-3-2-4-6-7/h9-10,15,18H,5-8H2,1-4H3;2-6H,1H3/p+1. The fourth-order valence-electron chi connectivity index (χ4n) is 3.88. The zero-order valence-corrected chi connectivity index (χ0v) is 17.7. The van der Waals surface area contributed by atoms with Crippen molar-refractivity contribution in [2.24, 2.45) is 0 Å². The number of likely N-dealkylation sites (N-methyl/N-ethyl adjacent to an activating group) is 2. The predicted octanol–water partition coefficient (Wildman–Crippen LogP) is 4.16. The maximum Gasteiger partial charge on any atom is 0.298 e. The number of benzene rings is 2. The molecule has 5 heteroatoms. The van der Waals surface area contributed by atoms with E-state index in [0.29, 0.717) is 10.2 Å². The van der Waals surface area contributed by atoms with Crippen LogP contribution in [0.25, 0.3) is 0 Å². The van der Waals surface area contributed by atoms with Crippen molar-refractivity contribution in [2.45, 2.75) is 39.8 Å². The van der Waals surface area contributed by atoms with Crippen molar-refractivity contribution < 1.29 is 13.7 Å². The van der Waals surface area contributed by atoms with Crippen LogP contribution in [0, 0.1) is 26.6 Å². The summed E-state index contributed by atoms with van der Waals surface area (Å²) in [7, 11) is 3.93. The van der Waals surface area contributed by atoms with Crippen molar-refractivity contribution in [3.05, 3.63) is 65.0 Å². The van der Waals surface area contributed by atoms with E-state index in [9.17, 15) is 9.18 Å². The zero-order chi connectivity index (χ0) is 20.7. The lowest BCUT2D eigenvalue weighted by Crippen LogP contribution is -2.61. The van der Waals surface area contributed by atoms with Crippen LogP contribution in [-0.4, -0.2) is 43.7 Å². The third-order valence-corrected chi connectivity index (χ3v) is 5.42. The number of hydrogen-bond acceptors (Lipinski definition) is 2. The first-order valence-electron chi connectivity index (χ1n) is 9.87. The van der Waals surface area contributed by atoms with Gasteiger partial charge in [0.2, 0.25) is 6.17 Å². The number of carbonyl (C=O) groups is 1. The number of anilines is 1. The second kappa shape index (κ2) is 9.80. The molecule has 0 radical (unpaired) electrons. The van der Waals surface area contributed by atoms with Crippen LogP contribution in [0.2, 0.25) is 0 Å². The lowest BCUT2D eigenvalue weighted by Gasteiger charge is -2.36. The van der Waals surface area contributed by atoms with Crippen LogP contribution in [0.15, 0.2) is 42.5 Å². The first kappa shape index (κ1) is 22.1. The Hall–Kier alpha value is -2.24. The quantitative estimate of drug-likeness (QED) is 0.775. The van der Waals surface area contributed by atoms with Gasteiger partial charge in [0.1, 0.15) is 5.82 Å². The Bertz CT molecular complexity index is 763. The molecule has 4 nitrogen and oxygen atoms in total. The Morgan fingerprint density at radius 2 is 1.57 bits per heavy atom. The smallest absolute Gasteiger partial charge is 0.298 e. The molecule has 1 unspecified atom stereocenters. The second-order valence-corrected chi connectivity index (χ2v) is 7.88. The van der Waals surface area contributed by atoms with Gasteiger partial charge >= 0.3 is 0 Å². The summed E-state index contributed by atoms with van der Waals surface area (Å²) >= 11 is 0. The molecule has 2 aromatic carbocycles. The minimum atomic E-state index is -0.281. The van der Waals surface area contributed by atoms with E-state index in [0.717, 1.165) is 37.1 Å². The van der Waals surface area contributed by atoms with Gasteiger partial charge in [-0.15, -0.1) is 0 Å². The Kier molecular flexibility index (Phi) is 7.72. The molecule has 0 aliphatic carbocycles. The van der Waals surface area contributed by atoms with Gasteiger partial charge in [-0.2, -0.15) is 0 Å².